The molecule has 38 heavy (non-hydrogen) atoms. The molecule has 0 spiro atoms. The summed E-state index contributed by atoms with van der Waals surface area (Å²) in [6.07, 6.45) is 0. The first-order valence-electron chi connectivity index (χ1n) is 13.4. The van der Waals surface area contributed by atoms with Gasteiger partial charge < -0.3 is 4.42 Å². The molecule has 1 nitrogen and oxygen atoms in total. The minimum Gasteiger partial charge on any atom is -0.455 e. The predicted octanol–water partition coefficient (Wildman–Crippen LogP) is 0.518. The van der Waals surface area contributed by atoms with Crippen LogP contribution in [0, 0.1) is 0 Å². The molecule has 0 N–H and O–H groups in total. The minimum absolute atomic E-state index is 0.928. The van der Waals surface area contributed by atoms with Gasteiger partial charge in [0.25, 0.3) is 0 Å². The normalized spacial score (nSPS) is 11.7. The van der Waals surface area contributed by atoms with Crippen LogP contribution in [0.15, 0.2) is 95.4 Å². The highest BCUT2D eigenvalue weighted by Crippen LogP contribution is 2.45. The third kappa shape index (κ3) is 3.13. The van der Waals surface area contributed by atoms with Crippen molar-refractivity contribution in [3.63, 3.8) is 0 Å². The molecular weight excluding hydrogens is 454 g/mol. The van der Waals surface area contributed by atoms with Crippen LogP contribution < -0.4 is 27.3 Å². The molecular formula is C32H25B5O. The van der Waals surface area contributed by atoms with Crippen molar-refractivity contribution in [1.29, 1.82) is 0 Å². The molecule has 7 aromatic rings. The lowest BCUT2D eigenvalue weighted by atomic mass is 9.59. The highest BCUT2D eigenvalue weighted by molar-refractivity contribution is 6.69. The number of fused-ring (bicyclic) bond motifs is 5. The lowest BCUT2D eigenvalue weighted by Crippen LogP contribution is -2.55. The molecule has 0 aliphatic rings. The van der Waals surface area contributed by atoms with Crippen LogP contribution in [0.5, 0.6) is 0 Å². The summed E-state index contributed by atoms with van der Waals surface area (Å²) in [5, 5.41) is 7.39. The molecule has 0 radical (unpaired) electrons. The Labute approximate surface area is 227 Å². The van der Waals surface area contributed by atoms with Crippen LogP contribution in [0.2, 0.25) is 0 Å². The second kappa shape index (κ2) is 8.50. The van der Waals surface area contributed by atoms with Gasteiger partial charge in [-0.05, 0) is 38.7 Å². The number of benzene rings is 6. The van der Waals surface area contributed by atoms with E-state index in [0.29, 0.717) is 0 Å². The van der Waals surface area contributed by atoms with E-state index in [1.54, 1.807) is 0 Å². The number of furan rings is 1. The molecule has 7 rings (SSSR count). The molecule has 6 aromatic carbocycles. The zero-order chi connectivity index (χ0) is 26.1. The molecule has 0 aliphatic carbocycles. The molecule has 1 aromatic heterocycles. The van der Waals surface area contributed by atoms with Crippen LogP contribution in [-0.4, -0.2) is 39.2 Å². The van der Waals surface area contributed by atoms with Crippen molar-refractivity contribution in [1.82, 2.24) is 0 Å². The molecule has 0 aliphatic heterocycles. The monoisotopic (exact) mass is 480 g/mol. The predicted molar refractivity (Wildman–Crippen MR) is 180 cm³/mol. The molecule has 0 amide bonds. The molecule has 0 atom stereocenters. The average molecular weight is 480 g/mol. The Hall–Kier alpha value is -4.04. The fraction of sp³-hybridized carbons (Fsp3) is 0. The van der Waals surface area contributed by atoms with Gasteiger partial charge in [0.15, 0.2) is 0 Å². The van der Waals surface area contributed by atoms with E-state index in [9.17, 15) is 0 Å². The van der Waals surface area contributed by atoms with E-state index in [1.807, 2.05) is 6.07 Å². The summed E-state index contributed by atoms with van der Waals surface area (Å²) >= 11 is 0. The van der Waals surface area contributed by atoms with Crippen molar-refractivity contribution in [3.05, 3.63) is 91.0 Å². The number of hydrogen-bond donors (Lipinski definition) is 0. The maximum Gasteiger partial charge on any atom is 0.143 e. The van der Waals surface area contributed by atoms with Crippen LogP contribution in [0.25, 0.3) is 65.7 Å². The maximum absolute atomic E-state index is 6.53. The number of hydrogen-bond acceptors (Lipinski definition) is 1. The number of para-hydroxylation sites is 2. The van der Waals surface area contributed by atoms with Crippen LogP contribution >= 0.6 is 0 Å². The molecule has 0 bridgehead atoms. The second-order valence-electron chi connectivity index (χ2n) is 10.6. The molecule has 0 fully saturated rings. The van der Waals surface area contributed by atoms with Crippen molar-refractivity contribution < 1.29 is 4.42 Å². The van der Waals surface area contributed by atoms with E-state index in [-0.39, 0.29) is 0 Å². The Balaban J connectivity index is 1.69. The Kier molecular flexibility index (Phi) is 5.17. The fourth-order valence-electron chi connectivity index (χ4n) is 6.51. The van der Waals surface area contributed by atoms with Crippen LogP contribution in [-0.2, 0) is 0 Å². The first kappa shape index (κ1) is 23.1. The summed E-state index contributed by atoms with van der Waals surface area (Å²) in [7, 11) is 11.4. The standard InChI is InChI=1S/C32H25B5O/c33-27-26(28(34)30(36)31(37)29(27)35)25-19-11-3-1-9-17(19)24(18-10-2-4-12-20(18)25)22-14-7-13-21-16-8-5-6-15-23(16)38-32(21)22/h1-15H,33-37H2. The Morgan fingerprint density at radius 2 is 0.816 bits per heavy atom. The van der Waals surface area contributed by atoms with Crippen LogP contribution in [0.1, 0.15) is 0 Å². The third-order valence-corrected chi connectivity index (χ3v) is 8.86. The van der Waals surface area contributed by atoms with Crippen molar-refractivity contribution in [2.75, 3.05) is 0 Å². The second-order valence-corrected chi connectivity index (χ2v) is 10.6. The lowest BCUT2D eigenvalue weighted by molar-refractivity contribution is 0.670. The van der Waals surface area contributed by atoms with Crippen molar-refractivity contribution in [2.24, 2.45) is 0 Å². The van der Waals surface area contributed by atoms with Gasteiger partial charge in [0.05, 0.1) is 0 Å². The minimum atomic E-state index is 0.928. The largest absolute Gasteiger partial charge is 0.455 e. The van der Waals surface area contributed by atoms with Gasteiger partial charge in [-0.3, -0.25) is 0 Å². The molecule has 0 saturated carbocycles. The van der Waals surface area contributed by atoms with Gasteiger partial charge in [-0.1, -0.05) is 95.9 Å². The Bertz CT molecular complexity index is 2000. The third-order valence-electron chi connectivity index (χ3n) is 8.86. The van der Waals surface area contributed by atoms with E-state index in [2.05, 4.69) is 124 Å². The van der Waals surface area contributed by atoms with E-state index in [1.165, 1.54) is 65.5 Å². The average Bonchev–Trinajstić information content (AvgIpc) is 3.34. The van der Waals surface area contributed by atoms with Gasteiger partial charge in [-0.2, -0.15) is 0 Å². The van der Waals surface area contributed by atoms with Gasteiger partial charge in [-0.15, -0.1) is 16.4 Å². The van der Waals surface area contributed by atoms with E-state index < -0.39 is 0 Å². The molecule has 6 heteroatoms. The van der Waals surface area contributed by atoms with Crippen LogP contribution in [0.3, 0.4) is 0 Å². The zero-order valence-corrected chi connectivity index (χ0v) is 22.6. The van der Waals surface area contributed by atoms with E-state index in [0.717, 1.165) is 27.5 Å². The highest BCUT2D eigenvalue weighted by Gasteiger charge is 2.22. The van der Waals surface area contributed by atoms with Gasteiger partial charge in [0.2, 0.25) is 0 Å². The molecule has 1 heterocycles. The summed E-state index contributed by atoms with van der Waals surface area (Å²) in [5.74, 6) is 0. The zero-order valence-electron chi connectivity index (χ0n) is 22.6. The van der Waals surface area contributed by atoms with Gasteiger partial charge in [0.1, 0.15) is 50.4 Å². The Morgan fingerprint density at radius 3 is 1.39 bits per heavy atom. The molecule has 0 unspecified atom stereocenters. The summed E-state index contributed by atoms with van der Waals surface area (Å²) in [6, 6.07) is 32.7. The van der Waals surface area contributed by atoms with Gasteiger partial charge in [0, 0.05) is 21.9 Å². The molecule has 174 valence electrons. The van der Waals surface area contributed by atoms with Crippen LogP contribution in [0.4, 0.5) is 0 Å². The first-order valence-corrected chi connectivity index (χ1v) is 13.4. The summed E-state index contributed by atoms with van der Waals surface area (Å²) < 4.78 is 6.53. The topological polar surface area (TPSA) is 13.1 Å². The summed E-state index contributed by atoms with van der Waals surface area (Å²) in [5.41, 5.74) is 13.8. The Morgan fingerprint density at radius 1 is 0.368 bits per heavy atom. The highest BCUT2D eigenvalue weighted by atomic mass is 16.3. The SMILES string of the molecule is Bc1c(B)c(B)c(-c2c3ccccc3c(-c3cccc4c3oc3ccccc34)c3ccccc23)c(B)c1B. The van der Waals surface area contributed by atoms with Crippen molar-refractivity contribution in [3.8, 4) is 22.3 Å². The van der Waals surface area contributed by atoms with Gasteiger partial charge in [-0.25, -0.2) is 0 Å². The van der Waals surface area contributed by atoms with E-state index >= 15 is 0 Å². The van der Waals surface area contributed by atoms with Crippen molar-refractivity contribution >= 4 is 110 Å². The molecule has 0 saturated heterocycles. The smallest absolute Gasteiger partial charge is 0.143 e. The van der Waals surface area contributed by atoms with Gasteiger partial charge >= 0.3 is 0 Å². The number of rotatable bonds is 2. The van der Waals surface area contributed by atoms with Crippen molar-refractivity contribution in [2.45, 2.75) is 0 Å². The summed E-state index contributed by atoms with van der Waals surface area (Å²) in [4.78, 5) is 0. The summed E-state index contributed by atoms with van der Waals surface area (Å²) in [6.45, 7) is 0. The quantitative estimate of drug-likeness (QED) is 0.260. The first-order chi connectivity index (χ1) is 18.5. The maximum atomic E-state index is 6.53. The fourth-order valence-corrected chi connectivity index (χ4v) is 6.51. The van der Waals surface area contributed by atoms with E-state index in [4.69, 9.17) is 4.42 Å². The lowest BCUT2D eigenvalue weighted by Gasteiger charge is -2.24.